The zero-order valence-corrected chi connectivity index (χ0v) is 17.2. The van der Waals surface area contributed by atoms with Gasteiger partial charge in [-0.25, -0.2) is 4.98 Å². The van der Waals surface area contributed by atoms with Crippen LogP contribution < -0.4 is 4.90 Å². The normalized spacial score (nSPS) is 10.9. The molecule has 2 aromatic heterocycles. The molecule has 150 valence electrons. The summed E-state index contributed by atoms with van der Waals surface area (Å²) in [6.07, 6.45) is 1.66. The maximum Gasteiger partial charge on any atom is 0.270 e. The number of amides is 1. The molecule has 8 heteroatoms. The number of nitro groups is 1. The number of nitrogens with zero attached hydrogens (tertiary/aromatic N) is 4. The maximum atomic E-state index is 13.4. The standard InChI is InChI=1S/C22H18N4O3S/c1-14-9-10-19-20(15(14)2)24-22(30-19)25(13-17-7-3-4-11-23-17)21(27)16-6-5-8-18(12-16)26(28)29/h3-12H,13H2,1-2H3. The highest BCUT2D eigenvalue weighted by Gasteiger charge is 2.24. The van der Waals surface area contributed by atoms with Gasteiger partial charge >= 0.3 is 0 Å². The molecule has 0 aliphatic rings. The smallest absolute Gasteiger partial charge is 0.270 e. The number of hydrogen-bond donors (Lipinski definition) is 0. The minimum absolute atomic E-state index is 0.130. The van der Waals surface area contributed by atoms with E-state index in [1.54, 1.807) is 18.3 Å². The molecule has 0 aliphatic carbocycles. The number of rotatable bonds is 5. The van der Waals surface area contributed by atoms with E-state index in [2.05, 4.69) is 4.98 Å². The molecule has 2 heterocycles. The molecule has 2 aromatic carbocycles. The fourth-order valence-electron chi connectivity index (χ4n) is 3.12. The van der Waals surface area contributed by atoms with Crippen LogP contribution in [0, 0.1) is 24.0 Å². The van der Waals surface area contributed by atoms with Crippen molar-refractivity contribution in [3.05, 3.63) is 93.3 Å². The van der Waals surface area contributed by atoms with Crippen LogP contribution in [0.15, 0.2) is 60.8 Å². The molecule has 0 fully saturated rings. The molecule has 4 aromatic rings. The molecular weight excluding hydrogens is 400 g/mol. The Morgan fingerprint density at radius 3 is 2.70 bits per heavy atom. The zero-order valence-electron chi connectivity index (χ0n) is 16.4. The Balaban J connectivity index is 1.80. The van der Waals surface area contributed by atoms with Gasteiger partial charge in [0.2, 0.25) is 0 Å². The second-order valence-corrected chi connectivity index (χ2v) is 7.88. The number of nitro benzene ring substituents is 1. The number of carbonyl (C=O) groups is 1. The molecule has 1 amide bonds. The van der Waals surface area contributed by atoms with Crippen molar-refractivity contribution in [1.82, 2.24) is 9.97 Å². The van der Waals surface area contributed by atoms with Crippen LogP contribution in [0.3, 0.4) is 0 Å². The lowest BCUT2D eigenvalue weighted by molar-refractivity contribution is -0.384. The Labute approximate surface area is 176 Å². The molecule has 0 atom stereocenters. The van der Waals surface area contributed by atoms with Crippen LogP contribution in [0.2, 0.25) is 0 Å². The first kappa shape index (κ1) is 19.7. The highest BCUT2D eigenvalue weighted by molar-refractivity contribution is 7.22. The van der Waals surface area contributed by atoms with Gasteiger partial charge in [0, 0.05) is 23.9 Å². The summed E-state index contributed by atoms with van der Waals surface area (Å²) < 4.78 is 0.978. The van der Waals surface area contributed by atoms with Gasteiger partial charge in [-0.15, -0.1) is 0 Å². The van der Waals surface area contributed by atoms with Crippen molar-refractivity contribution < 1.29 is 9.72 Å². The third kappa shape index (κ3) is 3.77. The van der Waals surface area contributed by atoms with Crippen molar-refractivity contribution >= 4 is 38.3 Å². The van der Waals surface area contributed by atoms with Gasteiger partial charge in [-0.2, -0.15) is 0 Å². The van der Waals surface area contributed by atoms with Gasteiger partial charge in [0.25, 0.3) is 11.6 Å². The van der Waals surface area contributed by atoms with Gasteiger partial charge in [0.15, 0.2) is 5.13 Å². The minimum atomic E-state index is -0.510. The van der Waals surface area contributed by atoms with Gasteiger partial charge in [0.1, 0.15) is 0 Å². The van der Waals surface area contributed by atoms with E-state index in [-0.39, 0.29) is 23.7 Å². The van der Waals surface area contributed by atoms with Crippen LogP contribution in [-0.4, -0.2) is 20.8 Å². The zero-order chi connectivity index (χ0) is 21.3. The van der Waals surface area contributed by atoms with E-state index >= 15 is 0 Å². The topological polar surface area (TPSA) is 89.2 Å². The average Bonchev–Trinajstić information content (AvgIpc) is 3.20. The largest absolute Gasteiger partial charge is 0.278 e. The fraction of sp³-hybridized carbons (Fsp3) is 0.136. The lowest BCUT2D eigenvalue weighted by Crippen LogP contribution is -2.30. The summed E-state index contributed by atoms with van der Waals surface area (Å²) in [6, 6.07) is 15.3. The quantitative estimate of drug-likeness (QED) is 0.334. The Morgan fingerprint density at radius 1 is 1.13 bits per heavy atom. The second-order valence-electron chi connectivity index (χ2n) is 6.87. The Kier molecular flexibility index (Phi) is 5.24. The van der Waals surface area contributed by atoms with E-state index in [0.29, 0.717) is 10.8 Å². The minimum Gasteiger partial charge on any atom is -0.278 e. The molecule has 30 heavy (non-hydrogen) atoms. The van der Waals surface area contributed by atoms with Crippen molar-refractivity contribution in [2.75, 3.05) is 4.90 Å². The van der Waals surface area contributed by atoms with E-state index < -0.39 is 4.92 Å². The number of fused-ring (bicyclic) bond motifs is 1. The SMILES string of the molecule is Cc1ccc2sc(N(Cc3ccccn3)C(=O)c3cccc([N+](=O)[O-])c3)nc2c1C. The molecule has 0 unspecified atom stereocenters. The van der Waals surface area contributed by atoms with Crippen molar-refractivity contribution in [1.29, 1.82) is 0 Å². The summed E-state index contributed by atoms with van der Waals surface area (Å²) in [6.45, 7) is 4.24. The van der Waals surface area contributed by atoms with Crippen molar-refractivity contribution in [2.24, 2.45) is 0 Å². The summed E-state index contributed by atoms with van der Waals surface area (Å²) in [4.78, 5) is 34.6. The van der Waals surface area contributed by atoms with Crippen LogP contribution in [0.1, 0.15) is 27.2 Å². The van der Waals surface area contributed by atoms with Gasteiger partial charge < -0.3 is 0 Å². The number of anilines is 1. The summed E-state index contributed by atoms with van der Waals surface area (Å²) >= 11 is 1.41. The highest BCUT2D eigenvalue weighted by Crippen LogP contribution is 2.33. The van der Waals surface area contributed by atoms with Crippen LogP contribution in [-0.2, 0) is 6.54 Å². The number of aryl methyl sites for hydroxylation is 2. The predicted octanol–water partition coefficient (Wildman–Crippen LogP) is 5.06. The second kappa shape index (κ2) is 8.00. The number of pyridine rings is 1. The lowest BCUT2D eigenvalue weighted by Gasteiger charge is -2.19. The molecule has 0 saturated carbocycles. The summed E-state index contributed by atoms with van der Waals surface area (Å²) in [5.74, 6) is -0.363. The van der Waals surface area contributed by atoms with Crippen molar-refractivity contribution in [3.63, 3.8) is 0 Å². The molecule has 4 rings (SSSR count). The number of thiazole rings is 1. The summed E-state index contributed by atoms with van der Waals surface area (Å²) in [5.41, 5.74) is 3.84. The first-order chi connectivity index (χ1) is 14.4. The van der Waals surface area contributed by atoms with E-state index in [9.17, 15) is 14.9 Å². The van der Waals surface area contributed by atoms with E-state index in [1.165, 1.54) is 34.4 Å². The van der Waals surface area contributed by atoms with E-state index in [1.807, 2.05) is 38.1 Å². The summed E-state index contributed by atoms with van der Waals surface area (Å²) in [7, 11) is 0. The van der Waals surface area contributed by atoms with Crippen LogP contribution in [0.25, 0.3) is 10.2 Å². The molecule has 0 saturated heterocycles. The van der Waals surface area contributed by atoms with Gasteiger partial charge in [-0.05, 0) is 49.2 Å². The Morgan fingerprint density at radius 2 is 1.97 bits per heavy atom. The monoisotopic (exact) mass is 418 g/mol. The van der Waals surface area contributed by atoms with Crippen LogP contribution in [0.4, 0.5) is 10.8 Å². The average molecular weight is 418 g/mol. The molecule has 0 aliphatic heterocycles. The highest BCUT2D eigenvalue weighted by atomic mass is 32.1. The third-order valence-corrected chi connectivity index (χ3v) is 5.94. The van der Waals surface area contributed by atoms with E-state index in [0.717, 1.165) is 21.3 Å². The molecule has 0 spiro atoms. The van der Waals surface area contributed by atoms with Crippen molar-refractivity contribution in [2.45, 2.75) is 20.4 Å². The van der Waals surface area contributed by atoms with Crippen molar-refractivity contribution in [3.8, 4) is 0 Å². The molecule has 0 bridgehead atoms. The number of benzene rings is 2. The van der Waals surface area contributed by atoms with Gasteiger partial charge in [0.05, 0.1) is 27.4 Å². The first-order valence-corrected chi connectivity index (χ1v) is 10.1. The Bertz CT molecular complexity index is 1250. The van der Waals surface area contributed by atoms with Gasteiger partial charge in [-0.3, -0.25) is 24.8 Å². The lowest BCUT2D eigenvalue weighted by atomic mass is 10.1. The number of hydrogen-bond acceptors (Lipinski definition) is 6. The number of non-ortho nitro benzene ring substituents is 1. The van der Waals surface area contributed by atoms with E-state index in [4.69, 9.17) is 4.98 Å². The Hall–Kier alpha value is -3.65. The fourth-order valence-corrected chi connectivity index (χ4v) is 4.14. The third-order valence-electron chi connectivity index (χ3n) is 4.90. The molecule has 0 radical (unpaired) electrons. The molecule has 0 N–H and O–H groups in total. The number of aromatic nitrogens is 2. The van der Waals surface area contributed by atoms with Gasteiger partial charge in [-0.1, -0.05) is 29.5 Å². The summed E-state index contributed by atoms with van der Waals surface area (Å²) in [5, 5.41) is 11.7. The van der Waals surface area contributed by atoms with Crippen LogP contribution >= 0.6 is 11.3 Å². The molecule has 7 nitrogen and oxygen atoms in total. The first-order valence-electron chi connectivity index (χ1n) is 9.27. The molecular formula is C22H18N4O3S. The maximum absolute atomic E-state index is 13.4. The predicted molar refractivity (Wildman–Crippen MR) is 117 cm³/mol. The van der Waals surface area contributed by atoms with Crippen LogP contribution in [0.5, 0.6) is 0 Å². The number of carbonyl (C=O) groups excluding carboxylic acids is 1.